The molecule has 0 saturated heterocycles. The summed E-state index contributed by atoms with van der Waals surface area (Å²) in [5.41, 5.74) is 5.18. The van der Waals surface area contributed by atoms with Crippen molar-refractivity contribution in [2.75, 3.05) is 0 Å². The molecule has 0 saturated carbocycles. The summed E-state index contributed by atoms with van der Waals surface area (Å²) in [6.07, 6.45) is 0. The Morgan fingerprint density at radius 3 is 2.54 bits per heavy atom. The molecule has 6 heteroatoms. The van der Waals surface area contributed by atoms with Crippen LogP contribution in [0.15, 0.2) is 30.3 Å². The molecule has 0 spiro atoms. The molecule has 1 aromatic heterocycles. The van der Waals surface area contributed by atoms with Crippen molar-refractivity contribution in [3.63, 3.8) is 0 Å². The van der Waals surface area contributed by atoms with Crippen molar-refractivity contribution >= 4 is 17.0 Å². The first kappa shape index (κ1) is 20.0. The molecule has 0 bridgehead atoms. The molecule has 0 radical (unpaired) electrons. The molecule has 0 aliphatic carbocycles. The van der Waals surface area contributed by atoms with Gasteiger partial charge in [0.1, 0.15) is 5.52 Å². The molecule has 0 aliphatic rings. The van der Waals surface area contributed by atoms with E-state index in [1.165, 1.54) is 0 Å². The lowest BCUT2D eigenvalue weighted by Crippen LogP contribution is -2.32. The van der Waals surface area contributed by atoms with Gasteiger partial charge in [0.05, 0.1) is 17.5 Å². The Balaban J connectivity index is 2.27. The number of aliphatic hydroxyl groups excluding tert-OH is 1. The van der Waals surface area contributed by atoms with Crippen LogP contribution in [0.4, 0.5) is 0 Å². The molecule has 1 heterocycles. The zero-order chi connectivity index (χ0) is 20.6. The number of fused-ring (bicyclic) bond motifs is 1. The molecule has 148 valence electrons. The summed E-state index contributed by atoms with van der Waals surface area (Å²) in [6, 6.07) is 9.76. The second kappa shape index (κ2) is 7.36. The quantitative estimate of drug-likeness (QED) is 0.678. The number of aliphatic hydroxyl groups is 1. The Morgan fingerprint density at radius 2 is 1.93 bits per heavy atom. The zero-order valence-electron chi connectivity index (χ0n) is 17.0. The van der Waals surface area contributed by atoms with Crippen molar-refractivity contribution in [1.29, 1.82) is 0 Å². The summed E-state index contributed by atoms with van der Waals surface area (Å²) in [5.74, 6) is -1.27. The van der Waals surface area contributed by atoms with Gasteiger partial charge in [0.2, 0.25) is 0 Å². The van der Waals surface area contributed by atoms with E-state index in [4.69, 9.17) is 0 Å². The van der Waals surface area contributed by atoms with Gasteiger partial charge >= 0.3 is 5.97 Å². The number of rotatable bonds is 6. The maximum Gasteiger partial charge on any atom is 0.310 e. The lowest BCUT2D eigenvalue weighted by molar-refractivity contribution is -0.147. The van der Waals surface area contributed by atoms with Crippen LogP contribution in [-0.4, -0.2) is 31.2 Å². The number of hydrogen-bond donors (Lipinski definition) is 2. The van der Waals surface area contributed by atoms with E-state index in [0.717, 1.165) is 45.4 Å². The summed E-state index contributed by atoms with van der Waals surface area (Å²) in [7, 11) is 0. The van der Waals surface area contributed by atoms with Crippen LogP contribution < -0.4 is 0 Å². The lowest BCUT2D eigenvalue weighted by Gasteiger charge is -2.33. The summed E-state index contributed by atoms with van der Waals surface area (Å²) in [5, 5.41) is 28.2. The first-order valence-corrected chi connectivity index (χ1v) is 9.48. The number of aryl methyl sites for hydroxylation is 3. The second-order valence-electron chi connectivity index (χ2n) is 7.86. The predicted molar refractivity (Wildman–Crippen MR) is 108 cm³/mol. The summed E-state index contributed by atoms with van der Waals surface area (Å²) >= 11 is 0. The first-order chi connectivity index (χ1) is 13.2. The average Bonchev–Trinajstić information content (AvgIpc) is 3.08. The molecular weight excluding hydrogens is 354 g/mol. The molecule has 6 nitrogen and oxygen atoms in total. The molecule has 0 unspecified atom stereocenters. The smallest absolute Gasteiger partial charge is 0.310 e. The van der Waals surface area contributed by atoms with E-state index in [9.17, 15) is 15.0 Å². The number of hydrogen-bond acceptors (Lipinski definition) is 4. The van der Waals surface area contributed by atoms with Crippen molar-refractivity contribution in [2.45, 2.75) is 53.7 Å². The Labute approximate surface area is 164 Å². The first-order valence-electron chi connectivity index (χ1n) is 9.48. The fraction of sp³-hybridized carbons (Fsp3) is 0.409. The van der Waals surface area contributed by atoms with Gasteiger partial charge in [0, 0.05) is 12.5 Å². The Morgan fingerprint density at radius 1 is 1.21 bits per heavy atom. The summed E-state index contributed by atoms with van der Waals surface area (Å²) in [4.78, 5) is 12.2. The molecule has 3 aromatic rings. The Kier molecular flexibility index (Phi) is 5.26. The molecule has 0 aliphatic heterocycles. The van der Waals surface area contributed by atoms with E-state index in [0.29, 0.717) is 0 Å². The van der Waals surface area contributed by atoms with Crippen LogP contribution in [0.1, 0.15) is 54.5 Å². The van der Waals surface area contributed by atoms with Gasteiger partial charge in [-0.05, 0) is 68.5 Å². The van der Waals surface area contributed by atoms with Crippen LogP contribution in [0.3, 0.4) is 0 Å². The molecule has 2 aromatic carbocycles. The third-order valence-electron chi connectivity index (χ3n) is 5.74. The number of aromatic nitrogens is 3. The van der Waals surface area contributed by atoms with Gasteiger partial charge in [-0.3, -0.25) is 4.79 Å². The maximum atomic E-state index is 12.2. The van der Waals surface area contributed by atoms with E-state index in [1.54, 1.807) is 13.8 Å². The van der Waals surface area contributed by atoms with Crippen LogP contribution in [0.25, 0.3) is 11.0 Å². The monoisotopic (exact) mass is 381 g/mol. The Hall–Kier alpha value is -2.73. The number of carboxylic acid groups (broad SMARTS) is 1. The minimum atomic E-state index is -1.05. The predicted octanol–water partition coefficient (Wildman–Crippen LogP) is 3.80. The Bertz CT molecular complexity index is 1040. The van der Waals surface area contributed by atoms with Gasteiger partial charge in [0.25, 0.3) is 0 Å². The van der Waals surface area contributed by atoms with Crippen LogP contribution in [0, 0.1) is 19.3 Å². The molecule has 1 atom stereocenters. The van der Waals surface area contributed by atoms with Crippen LogP contribution in [0.2, 0.25) is 0 Å². The highest BCUT2D eigenvalue weighted by molar-refractivity contribution is 5.81. The molecule has 0 fully saturated rings. The largest absolute Gasteiger partial charge is 0.481 e. The van der Waals surface area contributed by atoms with Gasteiger partial charge < -0.3 is 10.2 Å². The molecule has 3 rings (SSSR count). The number of carboxylic acids is 1. The van der Waals surface area contributed by atoms with Crippen molar-refractivity contribution in [3.8, 4) is 0 Å². The topological polar surface area (TPSA) is 88.2 Å². The van der Waals surface area contributed by atoms with Crippen LogP contribution in [0.5, 0.6) is 0 Å². The van der Waals surface area contributed by atoms with Crippen molar-refractivity contribution < 1.29 is 15.0 Å². The number of nitrogens with zero attached hydrogens (tertiary/aromatic N) is 3. The van der Waals surface area contributed by atoms with Crippen molar-refractivity contribution in [3.05, 3.63) is 58.1 Å². The fourth-order valence-electron chi connectivity index (χ4n) is 3.88. The van der Waals surface area contributed by atoms with E-state index >= 15 is 0 Å². The van der Waals surface area contributed by atoms with Crippen molar-refractivity contribution in [1.82, 2.24) is 15.0 Å². The minimum absolute atomic E-state index is 0.0806. The van der Waals surface area contributed by atoms with E-state index in [2.05, 4.69) is 10.3 Å². The fourth-order valence-corrected chi connectivity index (χ4v) is 3.88. The molecule has 2 N–H and O–H groups in total. The second-order valence-corrected chi connectivity index (χ2v) is 7.86. The highest BCUT2D eigenvalue weighted by Gasteiger charge is 2.40. The summed E-state index contributed by atoms with van der Waals surface area (Å²) in [6.45, 7) is 10.0. The third-order valence-corrected chi connectivity index (χ3v) is 5.74. The third kappa shape index (κ3) is 3.18. The number of benzene rings is 2. The van der Waals surface area contributed by atoms with Gasteiger partial charge in [-0.2, -0.15) is 0 Å². The SMILES string of the molecule is CCn1nnc2c(C)c([C@H](c3ccc(C)c(CO)c3)C(C)(C)C(=O)O)ccc21. The molecule has 0 amide bonds. The zero-order valence-corrected chi connectivity index (χ0v) is 17.0. The normalized spacial score (nSPS) is 13.1. The van der Waals surface area contributed by atoms with E-state index in [1.807, 2.05) is 55.8 Å². The number of carbonyl (C=O) groups is 1. The van der Waals surface area contributed by atoms with Crippen molar-refractivity contribution in [2.24, 2.45) is 5.41 Å². The van der Waals surface area contributed by atoms with Gasteiger partial charge in [-0.25, -0.2) is 4.68 Å². The van der Waals surface area contributed by atoms with Crippen LogP contribution >= 0.6 is 0 Å². The van der Waals surface area contributed by atoms with Crippen LogP contribution in [-0.2, 0) is 17.9 Å². The molecule has 28 heavy (non-hydrogen) atoms. The highest BCUT2D eigenvalue weighted by atomic mass is 16.4. The molecular formula is C22H27N3O3. The lowest BCUT2D eigenvalue weighted by atomic mass is 9.69. The number of aliphatic carboxylic acids is 1. The van der Waals surface area contributed by atoms with Gasteiger partial charge in [-0.15, -0.1) is 5.10 Å². The van der Waals surface area contributed by atoms with Gasteiger partial charge in [0.15, 0.2) is 0 Å². The van der Waals surface area contributed by atoms with E-state index in [-0.39, 0.29) is 6.61 Å². The van der Waals surface area contributed by atoms with Gasteiger partial charge in [-0.1, -0.05) is 29.5 Å². The highest BCUT2D eigenvalue weighted by Crippen LogP contribution is 2.44. The van der Waals surface area contributed by atoms with E-state index < -0.39 is 17.3 Å². The minimum Gasteiger partial charge on any atom is -0.481 e. The summed E-state index contributed by atoms with van der Waals surface area (Å²) < 4.78 is 1.83. The maximum absolute atomic E-state index is 12.2. The average molecular weight is 381 g/mol. The standard InChI is InChI=1S/C22H27N3O3/c1-6-25-18-10-9-17(14(3)20(18)23-24-25)19(22(4,5)21(27)28)15-8-7-13(2)16(11-15)12-26/h7-11,19,26H,6,12H2,1-5H3,(H,27,28)/t19-/m0/s1.